The minimum Gasteiger partial charge on any atom is -0.486 e. The van der Waals surface area contributed by atoms with Gasteiger partial charge < -0.3 is 10.1 Å². The predicted octanol–water partition coefficient (Wildman–Crippen LogP) is 2.12. The molecule has 0 spiro atoms. The van der Waals surface area contributed by atoms with Crippen LogP contribution in [0.5, 0.6) is 0 Å². The lowest BCUT2D eigenvalue weighted by Crippen LogP contribution is -2.30. The Morgan fingerprint density at radius 2 is 1.81 bits per heavy atom. The van der Waals surface area contributed by atoms with E-state index in [1.165, 1.54) is 12.1 Å². The normalized spacial score (nSPS) is 14.6. The van der Waals surface area contributed by atoms with Crippen molar-refractivity contribution < 1.29 is 17.9 Å². The molecule has 3 N–H and O–H groups in total. The van der Waals surface area contributed by atoms with Crippen LogP contribution in [-0.2, 0) is 26.0 Å². The first-order valence-corrected chi connectivity index (χ1v) is 10.9. The Morgan fingerprint density at radius 1 is 1.11 bits per heavy atom. The Morgan fingerprint density at radius 3 is 2.48 bits per heavy atom. The van der Waals surface area contributed by atoms with Gasteiger partial charge in [-0.15, -0.1) is 11.8 Å². The highest BCUT2D eigenvalue weighted by Gasteiger charge is 2.22. The fourth-order valence-corrected chi connectivity index (χ4v) is 4.11. The molecular formula is C19H20N2O4S2. The van der Waals surface area contributed by atoms with Crippen LogP contribution in [0.1, 0.15) is 11.1 Å². The summed E-state index contributed by atoms with van der Waals surface area (Å²) in [4.78, 5) is 13.5. The number of hydrogen-bond acceptors (Lipinski definition) is 5. The summed E-state index contributed by atoms with van der Waals surface area (Å²) in [5.74, 6) is 0.904. The van der Waals surface area contributed by atoms with Gasteiger partial charge in [0.25, 0.3) is 5.91 Å². The molecule has 0 radical (unpaired) electrons. The zero-order valence-electron chi connectivity index (χ0n) is 14.6. The van der Waals surface area contributed by atoms with Crippen molar-refractivity contribution in [2.75, 3.05) is 18.9 Å². The molecule has 2 aromatic carbocycles. The Bertz CT molecular complexity index is 939. The quantitative estimate of drug-likeness (QED) is 0.768. The van der Waals surface area contributed by atoms with Crippen molar-refractivity contribution in [2.45, 2.75) is 11.3 Å². The third-order valence-corrected chi connectivity index (χ3v) is 5.99. The van der Waals surface area contributed by atoms with E-state index in [-0.39, 0.29) is 10.8 Å². The van der Waals surface area contributed by atoms with Crippen LogP contribution in [-0.4, -0.2) is 33.2 Å². The van der Waals surface area contributed by atoms with Crippen LogP contribution in [0.25, 0.3) is 4.91 Å². The van der Waals surface area contributed by atoms with E-state index < -0.39 is 10.0 Å². The van der Waals surface area contributed by atoms with Gasteiger partial charge in [-0.25, -0.2) is 13.6 Å². The first kappa shape index (κ1) is 19.5. The first-order valence-electron chi connectivity index (χ1n) is 8.40. The van der Waals surface area contributed by atoms with Crippen LogP contribution in [0.4, 0.5) is 0 Å². The summed E-state index contributed by atoms with van der Waals surface area (Å²) >= 11 is 1.61. The van der Waals surface area contributed by atoms with Crippen LogP contribution in [0.3, 0.4) is 0 Å². The molecular weight excluding hydrogens is 384 g/mol. The van der Waals surface area contributed by atoms with Gasteiger partial charge in [-0.2, -0.15) is 0 Å². The number of sulfonamides is 1. The number of nitrogens with two attached hydrogens (primary N) is 1. The van der Waals surface area contributed by atoms with E-state index in [4.69, 9.17) is 9.88 Å². The standard InChI is InChI=1S/C19H20N2O4S2/c20-27(23,24)16-8-6-14(7-9-16)10-11-21-19(22)17-18(26-13-12-25-17)15-4-2-1-3-5-15/h1-9H,10-13H2,(H,21,22)(H2,20,23,24). The minimum atomic E-state index is -3.70. The molecule has 1 aliphatic heterocycles. The van der Waals surface area contributed by atoms with Crippen LogP contribution in [0.15, 0.2) is 65.3 Å². The van der Waals surface area contributed by atoms with E-state index in [1.54, 1.807) is 23.9 Å². The van der Waals surface area contributed by atoms with Crippen molar-refractivity contribution in [3.05, 3.63) is 71.5 Å². The lowest BCUT2D eigenvalue weighted by atomic mass is 10.1. The molecule has 0 aliphatic carbocycles. The van der Waals surface area contributed by atoms with Crippen molar-refractivity contribution in [1.29, 1.82) is 0 Å². The topological polar surface area (TPSA) is 98.5 Å². The van der Waals surface area contributed by atoms with Gasteiger partial charge >= 0.3 is 0 Å². The molecule has 142 valence electrons. The fourth-order valence-electron chi connectivity index (χ4n) is 2.64. The zero-order chi connectivity index (χ0) is 19.3. The van der Waals surface area contributed by atoms with E-state index in [2.05, 4.69) is 5.32 Å². The lowest BCUT2D eigenvalue weighted by molar-refractivity contribution is -0.120. The Labute approximate surface area is 162 Å². The van der Waals surface area contributed by atoms with E-state index in [1.807, 2.05) is 30.3 Å². The highest BCUT2D eigenvalue weighted by Crippen LogP contribution is 2.34. The average Bonchev–Trinajstić information content (AvgIpc) is 2.68. The number of benzene rings is 2. The fraction of sp³-hybridized carbons (Fsp3) is 0.211. The minimum absolute atomic E-state index is 0.0700. The summed E-state index contributed by atoms with van der Waals surface area (Å²) in [5, 5.41) is 7.95. The molecule has 2 aromatic rings. The number of carbonyl (C=O) groups is 1. The summed E-state index contributed by atoms with van der Waals surface area (Å²) in [7, 11) is -3.70. The molecule has 27 heavy (non-hydrogen) atoms. The van der Waals surface area contributed by atoms with Gasteiger partial charge in [0.1, 0.15) is 0 Å². The summed E-state index contributed by atoms with van der Waals surface area (Å²) in [5.41, 5.74) is 1.87. The van der Waals surface area contributed by atoms with Gasteiger partial charge in [-0.3, -0.25) is 4.79 Å². The van der Waals surface area contributed by atoms with Crippen molar-refractivity contribution in [3.8, 4) is 0 Å². The number of ether oxygens (including phenoxy) is 1. The average molecular weight is 405 g/mol. The Hall–Kier alpha value is -2.29. The number of hydrogen-bond donors (Lipinski definition) is 2. The number of nitrogens with one attached hydrogen (secondary N) is 1. The lowest BCUT2D eigenvalue weighted by Gasteiger charge is -2.20. The first-order chi connectivity index (χ1) is 12.9. The SMILES string of the molecule is NS(=O)(=O)c1ccc(CCNC(=O)C2=C(c3ccccc3)SCCO2)cc1. The largest absolute Gasteiger partial charge is 0.486 e. The number of amides is 1. The van der Waals surface area contributed by atoms with E-state index in [0.717, 1.165) is 21.8 Å². The van der Waals surface area contributed by atoms with Gasteiger partial charge in [0, 0.05) is 12.3 Å². The van der Waals surface area contributed by atoms with E-state index in [0.29, 0.717) is 25.3 Å². The summed E-state index contributed by atoms with van der Waals surface area (Å²) < 4.78 is 28.2. The highest BCUT2D eigenvalue weighted by atomic mass is 32.2. The highest BCUT2D eigenvalue weighted by molar-refractivity contribution is 8.08. The number of rotatable bonds is 6. The molecule has 6 nitrogen and oxygen atoms in total. The second-order valence-electron chi connectivity index (χ2n) is 5.92. The Kier molecular flexibility index (Phi) is 6.20. The van der Waals surface area contributed by atoms with Gasteiger partial charge in [-0.05, 0) is 29.7 Å². The number of carbonyl (C=O) groups excluding carboxylic acids is 1. The van der Waals surface area contributed by atoms with Gasteiger partial charge in [0.15, 0.2) is 5.76 Å². The van der Waals surface area contributed by atoms with Crippen molar-refractivity contribution in [1.82, 2.24) is 5.32 Å². The molecule has 3 rings (SSSR count). The summed E-state index contributed by atoms with van der Waals surface area (Å²) in [6.07, 6.45) is 0.567. The predicted molar refractivity (Wildman–Crippen MR) is 106 cm³/mol. The van der Waals surface area contributed by atoms with Crippen LogP contribution < -0.4 is 10.5 Å². The molecule has 0 atom stereocenters. The third kappa shape index (κ3) is 5.12. The maximum Gasteiger partial charge on any atom is 0.287 e. The van der Waals surface area contributed by atoms with Gasteiger partial charge in [0.2, 0.25) is 10.0 Å². The van der Waals surface area contributed by atoms with Gasteiger partial charge in [-0.1, -0.05) is 42.5 Å². The van der Waals surface area contributed by atoms with Crippen molar-refractivity contribution >= 4 is 32.6 Å². The second kappa shape index (κ2) is 8.60. The maximum atomic E-state index is 12.6. The van der Waals surface area contributed by atoms with Crippen LogP contribution in [0.2, 0.25) is 0 Å². The zero-order valence-corrected chi connectivity index (χ0v) is 16.2. The molecule has 1 heterocycles. The second-order valence-corrected chi connectivity index (χ2v) is 8.58. The van der Waals surface area contributed by atoms with Crippen molar-refractivity contribution in [2.24, 2.45) is 5.14 Å². The van der Waals surface area contributed by atoms with Crippen molar-refractivity contribution in [3.63, 3.8) is 0 Å². The molecule has 0 aromatic heterocycles. The van der Waals surface area contributed by atoms with Crippen LogP contribution >= 0.6 is 11.8 Å². The van der Waals surface area contributed by atoms with E-state index >= 15 is 0 Å². The Balaban J connectivity index is 1.63. The number of primary sulfonamides is 1. The molecule has 1 aliphatic rings. The van der Waals surface area contributed by atoms with E-state index in [9.17, 15) is 13.2 Å². The van der Waals surface area contributed by atoms with Gasteiger partial charge in [0.05, 0.1) is 16.4 Å². The molecule has 1 amide bonds. The summed E-state index contributed by atoms with van der Waals surface area (Å²) in [6.45, 7) is 0.909. The molecule has 8 heteroatoms. The summed E-state index contributed by atoms with van der Waals surface area (Å²) in [6, 6.07) is 16.0. The molecule has 0 bridgehead atoms. The molecule has 0 saturated heterocycles. The smallest absolute Gasteiger partial charge is 0.287 e. The maximum absolute atomic E-state index is 12.6. The molecule has 0 fully saturated rings. The monoisotopic (exact) mass is 404 g/mol. The third-order valence-electron chi connectivity index (χ3n) is 3.98. The molecule has 0 unspecified atom stereocenters. The number of thioether (sulfide) groups is 1. The molecule has 0 saturated carbocycles. The van der Waals surface area contributed by atoms with Crippen LogP contribution in [0, 0.1) is 0 Å².